The molecule has 0 saturated heterocycles. The zero-order chi connectivity index (χ0) is 14.5. The number of aromatic nitrogens is 2. The first kappa shape index (κ1) is 14.0. The van der Waals surface area contributed by atoms with Gasteiger partial charge >= 0.3 is 0 Å². The van der Waals surface area contributed by atoms with E-state index in [1.165, 1.54) is 25.6 Å². The molecule has 20 heavy (non-hydrogen) atoms. The van der Waals surface area contributed by atoms with Crippen LogP contribution in [0.5, 0.6) is 5.75 Å². The lowest BCUT2D eigenvalue weighted by Gasteiger charge is -2.13. The van der Waals surface area contributed by atoms with Crippen molar-refractivity contribution in [1.82, 2.24) is 9.97 Å². The minimum Gasteiger partial charge on any atom is -0.490 e. The molecule has 0 aliphatic carbocycles. The first-order chi connectivity index (χ1) is 9.67. The maximum atomic E-state index is 13.6. The smallest absolute Gasteiger partial charge is 0.204 e. The Kier molecular flexibility index (Phi) is 4.29. The van der Waals surface area contributed by atoms with Crippen LogP contribution in [0.25, 0.3) is 0 Å². The lowest BCUT2D eigenvalue weighted by Crippen LogP contribution is -2.06. The van der Waals surface area contributed by atoms with E-state index in [0.717, 1.165) is 6.07 Å². The third kappa shape index (κ3) is 2.76. The Morgan fingerprint density at radius 2 is 1.95 bits per heavy atom. The Morgan fingerprint density at radius 3 is 2.65 bits per heavy atom. The highest BCUT2D eigenvalue weighted by Gasteiger charge is 2.14. The quantitative estimate of drug-likeness (QED) is 0.881. The average molecular weight is 280 g/mol. The standard InChI is InChI=1S/C13H14F2N4O/c1-3-16-12-11(20-2)13(18-7-17-12)19-9-6-4-5-8(14)10(9)15/h4-7H,3H2,1-2H3,(H2,16,17,18,19). The number of nitrogens with zero attached hydrogens (tertiary/aromatic N) is 2. The van der Waals surface area contributed by atoms with Gasteiger partial charge in [-0.3, -0.25) is 0 Å². The van der Waals surface area contributed by atoms with Gasteiger partial charge in [-0.2, -0.15) is 0 Å². The summed E-state index contributed by atoms with van der Waals surface area (Å²) in [4.78, 5) is 8.01. The van der Waals surface area contributed by atoms with Gasteiger partial charge in [-0.1, -0.05) is 6.07 Å². The second-order valence-electron chi connectivity index (χ2n) is 3.86. The number of methoxy groups -OCH3 is 1. The largest absolute Gasteiger partial charge is 0.490 e. The molecule has 5 nitrogen and oxygen atoms in total. The summed E-state index contributed by atoms with van der Waals surface area (Å²) in [7, 11) is 1.45. The number of nitrogens with one attached hydrogen (secondary N) is 2. The Morgan fingerprint density at radius 1 is 1.20 bits per heavy atom. The Labute approximate surface area is 115 Å². The minimum atomic E-state index is -0.974. The van der Waals surface area contributed by atoms with E-state index in [0.29, 0.717) is 18.1 Å². The second-order valence-corrected chi connectivity index (χ2v) is 3.86. The van der Waals surface area contributed by atoms with E-state index in [2.05, 4.69) is 20.6 Å². The van der Waals surface area contributed by atoms with Crippen molar-refractivity contribution in [2.75, 3.05) is 24.3 Å². The maximum absolute atomic E-state index is 13.6. The predicted octanol–water partition coefficient (Wildman–Crippen LogP) is 2.94. The van der Waals surface area contributed by atoms with Crippen LogP contribution >= 0.6 is 0 Å². The van der Waals surface area contributed by atoms with Crippen LogP contribution in [0, 0.1) is 11.6 Å². The van der Waals surface area contributed by atoms with E-state index >= 15 is 0 Å². The van der Waals surface area contributed by atoms with Gasteiger partial charge in [0.05, 0.1) is 12.8 Å². The normalized spacial score (nSPS) is 10.2. The van der Waals surface area contributed by atoms with Crippen LogP contribution in [0.3, 0.4) is 0 Å². The second kappa shape index (κ2) is 6.14. The molecule has 2 N–H and O–H groups in total. The van der Waals surface area contributed by atoms with E-state index in [1.807, 2.05) is 6.92 Å². The van der Waals surface area contributed by atoms with Crippen molar-refractivity contribution in [2.45, 2.75) is 6.92 Å². The van der Waals surface area contributed by atoms with Crippen molar-refractivity contribution >= 4 is 17.3 Å². The number of hydrogen-bond acceptors (Lipinski definition) is 5. The zero-order valence-electron chi connectivity index (χ0n) is 11.1. The van der Waals surface area contributed by atoms with Gasteiger partial charge in [-0.25, -0.2) is 18.7 Å². The van der Waals surface area contributed by atoms with Crippen LogP contribution < -0.4 is 15.4 Å². The van der Waals surface area contributed by atoms with E-state index in [4.69, 9.17) is 4.74 Å². The Hall–Kier alpha value is -2.44. The summed E-state index contributed by atoms with van der Waals surface area (Å²) in [6, 6.07) is 3.86. The summed E-state index contributed by atoms with van der Waals surface area (Å²) in [5, 5.41) is 5.70. The molecule has 0 aliphatic rings. The molecule has 1 heterocycles. The van der Waals surface area contributed by atoms with Gasteiger partial charge in [-0.15, -0.1) is 0 Å². The molecule has 0 fully saturated rings. The van der Waals surface area contributed by atoms with E-state index < -0.39 is 11.6 Å². The SMILES string of the molecule is CCNc1ncnc(Nc2cccc(F)c2F)c1OC. The molecule has 0 atom stereocenters. The van der Waals surface area contributed by atoms with E-state index in [9.17, 15) is 8.78 Å². The third-order valence-corrected chi connectivity index (χ3v) is 2.56. The van der Waals surface area contributed by atoms with Crippen LogP contribution in [0.15, 0.2) is 24.5 Å². The highest BCUT2D eigenvalue weighted by atomic mass is 19.2. The molecule has 0 radical (unpaired) electrons. The first-order valence-corrected chi connectivity index (χ1v) is 6.01. The monoisotopic (exact) mass is 280 g/mol. The van der Waals surface area contributed by atoms with Crippen LogP contribution in [-0.2, 0) is 0 Å². The highest BCUT2D eigenvalue weighted by Crippen LogP contribution is 2.32. The molecule has 2 rings (SSSR count). The van der Waals surface area contributed by atoms with Gasteiger partial charge in [0.25, 0.3) is 0 Å². The fourth-order valence-corrected chi connectivity index (χ4v) is 1.68. The van der Waals surface area contributed by atoms with Crippen LogP contribution in [0.2, 0.25) is 0 Å². The van der Waals surface area contributed by atoms with Crippen LogP contribution in [0.1, 0.15) is 6.92 Å². The molecule has 1 aromatic heterocycles. The lowest BCUT2D eigenvalue weighted by atomic mass is 10.3. The molecule has 0 aliphatic heterocycles. The van der Waals surface area contributed by atoms with Gasteiger partial charge in [0, 0.05) is 6.54 Å². The molecule has 0 bridgehead atoms. The Bertz CT molecular complexity index is 607. The fraction of sp³-hybridized carbons (Fsp3) is 0.231. The Balaban J connectivity index is 2.38. The van der Waals surface area contributed by atoms with Gasteiger partial charge in [0.1, 0.15) is 6.33 Å². The number of ether oxygens (including phenoxy) is 1. The summed E-state index contributed by atoms with van der Waals surface area (Å²) in [6.45, 7) is 2.54. The third-order valence-electron chi connectivity index (χ3n) is 2.56. The van der Waals surface area contributed by atoms with Crippen molar-refractivity contribution in [3.63, 3.8) is 0 Å². The molecule has 0 unspecified atom stereocenters. The van der Waals surface area contributed by atoms with Crippen molar-refractivity contribution in [3.8, 4) is 5.75 Å². The summed E-state index contributed by atoms with van der Waals surface area (Å²) in [6.07, 6.45) is 1.31. The summed E-state index contributed by atoms with van der Waals surface area (Å²) >= 11 is 0. The number of rotatable bonds is 5. The van der Waals surface area contributed by atoms with Gasteiger partial charge in [0.15, 0.2) is 23.3 Å². The van der Waals surface area contributed by atoms with Crippen molar-refractivity contribution in [1.29, 1.82) is 0 Å². The molecular formula is C13H14F2N4O. The van der Waals surface area contributed by atoms with Crippen molar-refractivity contribution < 1.29 is 13.5 Å². The van der Waals surface area contributed by atoms with Gasteiger partial charge < -0.3 is 15.4 Å². The number of hydrogen-bond donors (Lipinski definition) is 2. The van der Waals surface area contributed by atoms with Gasteiger partial charge in [0.2, 0.25) is 5.75 Å². The van der Waals surface area contributed by atoms with Crippen LogP contribution in [0.4, 0.5) is 26.1 Å². The van der Waals surface area contributed by atoms with E-state index in [-0.39, 0.29) is 11.5 Å². The number of benzene rings is 1. The molecule has 1 aromatic carbocycles. The van der Waals surface area contributed by atoms with E-state index in [1.54, 1.807) is 0 Å². The molecule has 7 heteroatoms. The number of halogens is 2. The summed E-state index contributed by atoms with van der Waals surface area (Å²) < 4.78 is 32.0. The van der Waals surface area contributed by atoms with Crippen LogP contribution in [-0.4, -0.2) is 23.6 Å². The fourth-order valence-electron chi connectivity index (χ4n) is 1.68. The summed E-state index contributed by atoms with van der Waals surface area (Å²) in [5.41, 5.74) is -0.0237. The van der Waals surface area contributed by atoms with Gasteiger partial charge in [-0.05, 0) is 19.1 Å². The van der Waals surface area contributed by atoms with Crippen molar-refractivity contribution in [2.24, 2.45) is 0 Å². The molecular weight excluding hydrogens is 266 g/mol. The highest BCUT2D eigenvalue weighted by molar-refractivity contribution is 5.69. The predicted molar refractivity (Wildman–Crippen MR) is 72.4 cm³/mol. The summed E-state index contributed by atoms with van der Waals surface area (Å²) in [5.74, 6) is -0.849. The molecule has 0 saturated carbocycles. The molecule has 0 amide bonds. The minimum absolute atomic E-state index is 0.0237. The zero-order valence-corrected chi connectivity index (χ0v) is 11.1. The van der Waals surface area contributed by atoms with Crippen molar-refractivity contribution in [3.05, 3.63) is 36.2 Å². The molecule has 106 valence electrons. The lowest BCUT2D eigenvalue weighted by molar-refractivity contribution is 0.415. The topological polar surface area (TPSA) is 59.1 Å². The molecule has 2 aromatic rings. The average Bonchev–Trinajstić information content (AvgIpc) is 2.44. The number of anilines is 3. The molecule has 0 spiro atoms. The maximum Gasteiger partial charge on any atom is 0.204 e. The first-order valence-electron chi connectivity index (χ1n) is 6.01.